The number of benzene rings is 1. The highest BCUT2D eigenvalue weighted by Crippen LogP contribution is 2.36. The van der Waals surface area contributed by atoms with Crippen LogP contribution in [0.1, 0.15) is 44.3 Å². The Bertz CT molecular complexity index is 1460. The Morgan fingerprint density at radius 2 is 1.46 bits per heavy atom. The van der Waals surface area contributed by atoms with Gasteiger partial charge in [-0.05, 0) is 12.1 Å². The normalized spacial score (nSPS) is 21.9. The Morgan fingerprint density at radius 3 is 2.10 bits per heavy atom. The topological polar surface area (TPSA) is 187 Å². The summed E-state index contributed by atoms with van der Waals surface area (Å²) in [6.07, 6.45) is -4.01. The number of hydrogen-bond acceptors (Lipinski definition) is 13. The maximum absolute atomic E-state index is 12.8. The summed E-state index contributed by atoms with van der Waals surface area (Å²) in [7, 11) is 0. The van der Waals surface area contributed by atoms with Crippen molar-refractivity contribution in [2.24, 2.45) is 0 Å². The van der Waals surface area contributed by atoms with Crippen LogP contribution in [0.3, 0.4) is 0 Å². The summed E-state index contributed by atoms with van der Waals surface area (Å²) in [5, 5.41) is 2.69. The van der Waals surface area contributed by atoms with E-state index in [2.05, 4.69) is 20.3 Å². The van der Waals surface area contributed by atoms with E-state index in [9.17, 15) is 24.0 Å². The Labute approximate surface area is 233 Å². The Kier molecular flexibility index (Phi) is 8.87. The number of nitrogens with zero attached hydrogens (tertiary/aromatic N) is 4. The number of rotatable bonds is 8. The highest BCUT2D eigenvalue weighted by atomic mass is 16.7. The number of esters is 4. The summed E-state index contributed by atoms with van der Waals surface area (Å²) in [6.45, 7) is 4.18. The van der Waals surface area contributed by atoms with E-state index in [1.165, 1.54) is 24.1 Å². The predicted octanol–water partition coefficient (Wildman–Crippen LogP) is 1.33. The minimum atomic E-state index is -1.38. The fourth-order valence-corrected chi connectivity index (χ4v) is 4.33. The molecule has 216 valence electrons. The molecule has 15 nitrogen and oxygen atoms in total. The number of nitrogens with one attached hydrogen (secondary N) is 1. The highest BCUT2D eigenvalue weighted by Gasteiger charge is 2.53. The number of ether oxygens (including phenoxy) is 5. The molecule has 1 fully saturated rings. The van der Waals surface area contributed by atoms with Gasteiger partial charge in [0.2, 0.25) is 0 Å². The molecule has 1 aliphatic heterocycles. The second-order valence-electron chi connectivity index (χ2n) is 8.96. The molecular weight excluding hydrogens is 542 g/mol. The van der Waals surface area contributed by atoms with E-state index in [1.54, 1.807) is 30.3 Å². The van der Waals surface area contributed by atoms with Crippen molar-refractivity contribution in [2.75, 3.05) is 11.9 Å². The molecule has 1 N–H and O–H groups in total. The monoisotopic (exact) mass is 569 g/mol. The molecule has 1 saturated heterocycles. The van der Waals surface area contributed by atoms with Crippen molar-refractivity contribution in [3.05, 3.63) is 48.5 Å². The largest absolute Gasteiger partial charge is 0.463 e. The third kappa shape index (κ3) is 6.81. The smallest absolute Gasteiger partial charge is 0.303 e. The van der Waals surface area contributed by atoms with Gasteiger partial charge in [0.1, 0.15) is 19.0 Å². The average Bonchev–Trinajstić information content (AvgIpc) is 3.34. The van der Waals surface area contributed by atoms with Crippen LogP contribution >= 0.6 is 0 Å². The minimum absolute atomic E-state index is 0.0910. The first-order valence-corrected chi connectivity index (χ1v) is 12.4. The van der Waals surface area contributed by atoms with Crippen LogP contribution in [-0.2, 0) is 42.9 Å². The summed E-state index contributed by atoms with van der Waals surface area (Å²) in [6, 6.07) is 8.45. The Morgan fingerprint density at radius 1 is 0.829 bits per heavy atom. The predicted molar refractivity (Wildman–Crippen MR) is 137 cm³/mol. The average molecular weight is 570 g/mol. The van der Waals surface area contributed by atoms with Crippen LogP contribution in [0.4, 0.5) is 5.82 Å². The van der Waals surface area contributed by atoms with Crippen molar-refractivity contribution in [3.63, 3.8) is 0 Å². The molecule has 3 aromatic rings. The molecule has 0 bridgehead atoms. The maximum Gasteiger partial charge on any atom is 0.303 e. The lowest BCUT2D eigenvalue weighted by Gasteiger charge is -2.44. The van der Waals surface area contributed by atoms with Crippen molar-refractivity contribution in [1.29, 1.82) is 0 Å². The van der Waals surface area contributed by atoms with Gasteiger partial charge in [0.25, 0.3) is 5.91 Å². The first kappa shape index (κ1) is 29.1. The van der Waals surface area contributed by atoms with Crippen molar-refractivity contribution in [2.45, 2.75) is 58.3 Å². The molecule has 41 heavy (non-hydrogen) atoms. The van der Waals surface area contributed by atoms with Crippen LogP contribution < -0.4 is 5.32 Å². The van der Waals surface area contributed by atoms with Gasteiger partial charge in [0.15, 0.2) is 41.5 Å². The van der Waals surface area contributed by atoms with Crippen LogP contribution in [0.25, 0.3) is 11.2 Å². The summed E-state index contributed by atoms with van der Waals surface area (Å²) in [5.41, 5.74) is 0.715. The standard InChI is InChI=1S/C26H27N5O10/c1-13(32)37-10-18-20(38-14(2)33)21(39-15(3)34)22(40-16(4)35)26(41-18)31-12-29-19-23(27-11-28-24(19)31)30-25(36)17-8-6-5-7-9-17/h5-9,11-12,18,20-22,26H,10H2,1-4H3,(H,27,28,30,36)/t18-,20-,21+,22-,26-/m1/s1. The molecule has 0 spiro atoms. The number of anilines is 1. The van der Waals surface area contributed by atoms with Gasteiger partial charge in [0, 0.05) is 33.3 Å². The lowest BCUT2D eigenvalue weighted by Crippen LogP contribution is -2.60. The quantitative estimate of drug-likeness (QED) is 0.303. The van der Waals surface area contributed by atoms with Crippen molar-refractivity contribution in [1.82, 2.24) is 19.5 Å². The van der Waals surface area contributed by atoms with Gasteiger partial charge in [-0.25, -0.2) is 15.0 Å². The number of carbonyl (C=O) groups is 5. The van der Waals surface area contributed by atoms with Gasteiger partial charge >= 0.3 is 23.9 Å². The number of amides is 1. The molecule has 0 radical (unpaired) electrons. The van der Waals surface area contributed by atoms with E-state index in [0.717, 1.165) is 20.8 Å². The van der Waals surface area contributed by atoms with E-state index >= 15 is 0 Å². The number of fused-ring (bicyclic) bond motifs is 1. The molecule has 2 aromatic heterocycles. The fraction of sp³-hybridized carbons (Fsp3) is 0.385. The zero-order valence-corrected chi connectivity index (χ0v) is 22.5. The Hall–Kier alpha value is -4.92. The number of imidazole rings is 1. The molecule has 1 aromatic carbocycles. The molecule has 0 unspecified atom stereocenters. The molecule has 3 heterocycles. The second-order valence-corrected chi connectivity index (χ2v) is 8.96. The first-order valence-electron chi connectivity index (χ1n) is 12.4. The third-order valence-corrected chi connectivity index (χ3v) is 5.87. The Balaban J connectivity index is 1.77. The van der Waals surface area contributed by atoms with Gasteiger partial charge < -0.3 is 29.0 Å². The van der Waals surface area contributed by atoms with E-state index in [-0.39, 0.29) is 17.0 Å². The zero-order chi connectivity index (χ0) is 29.7. The first-order chi connectivity index (χ1) is 19.5. The van der Waals surface area contributed by atoms with Crippen molar-refractivity contribution in [3.8, 4) is 0 Å². The lowest BCUT2D eigenvalue weighted by atomic mass is 9.97. The lowest BCUT2D eigenvalue weighted by molar-refractivity contribution is -0.267. The molecule has 1 aliphatic rings. The van der Waals surface area contributed by atoms with Crippen molar-refractivity contribution < 1.29 is 47.7 Å². The molecular formula is C26H27N5O10. The van der Waals surface area contributed by atoms with Crippen LogP contribution in [0.15, 0.2) is 43.0 Å². The number of carbonyl (C=O) groups excluding carboxylic acids is 5. The van der Waals surface area contributed by atoms with E-state index in [0.29, 0.717) is 5.56 Å². The summed E-state index contributed by atoms with van der Waals surface area (Å²) < 4.78 is 29.1. The molecule has 4 rings (SSSR count). The fourth-order valence-electron chi connectivity index (χ4n) is 4.33. The SMILES string of the molecule is CC(=O)OC[C@H]1O[C@@H](n2cnc3c(NC(=O)c4ccccc4)ncnc32)[C@H](OC(C)=O)[C@@H](OC(C)=O)[C@@H]1OC(C)=O. The van der Waals surface area contributed by atoms with Crippen molar-refractivity contribution >= 4 is 46.8 Å². The van der Waals surface area contributed by atoms with E-state index in [1.807, 2.05) is 0 Å². The van der Waals surface area contributed by atoms with Gasteiger partial charge in [-0.3, -0.25) is 28.5 Å². The van der Waals surface area contributed by atoms with E-state index < -0.39 is 67.0 Å². The summed E-state index contributed by atoms with van der Waals surface area (Å²) in [4.78, 5) is 73.3. The third-order valence-electron chi connectivity index (χ3n) is 5.87. The molecule has 1 amide bonds. The minimum Gasteiger partial charge on any atom is -0.463 e. The van der Waals surface area contributed by atoms with Crippen LogP contribution in [0.5, 0.6) is 0 Å². The maximum atomic E-state index is 12.8. The number of hydrogen-bond donors (Lipinski definition) is 1. The van der Waals surface area contributed by atoms with Crippen LogP contribution in [0.2, 0.25) is 0 Å². The zero-order valence-electron chi connectivity index (χ0n) is 22.5. The molecule has 5 atom stereocenters. The summed E-state index contributed by atoms with van der Waals surface area (Å²) >= 11 is 0. The van der Waals surface area contributed by atoms with Crippen LogP contribution in [0, 0.1) is 0 Å². The highest BCUT2D eigenvalue weighted by molar-refractivity contribution is 6.06. The summed E-state index contributed by atoms with van der Waals surface area (Å²) in [5.74, 6) is -3.25. The molecule has 15 heteroatoms. The van der Waals surface area contributed by atoms with Gasteiger partial charge in [-0.1, -0.05) is 18.2 Å². The van der Waals surface area contributed by atoms with Gasteiger partial charge in [0.05, 0.1) is 6.33 Å². The molecule has 0 aliphatic carbocycles. The van der Waals surface area contributed by atoms with E-state index in [4.69, 9.17) is 23.7 Å². The van der Waals surface area contributed by atoms with Crippen LogP contribution in [-0.4, -0.2) is 80.3 Å². The second kappa shape index (κ2) is 12.5. The number of aromatic nitrogens is 4. The van der Waals surface area contributed by atoms with Gasteiger partial charge in [-0.2, -0.15) is 0 Å². The molecule has 0 saturated carbocycles. The van der Waals surface area contributed by atoms with Gasteiger partial charge in [-0.15, -0.1) is 0 Å².